The normalized spacial score (nSPS) is 18.0. The van der Waals surface area contributed by atoms with Crippen molar-refractivity contribution in [3.8, 4) is 6.07 Å². The van der Waals surface area contributed by atoms with Gasteiger partial charge in [-0.2, -0.15) is 5.26 Å². The Morgan fingerprint density at radius 3 is 2.91 bits per heavy atom. The predicted octanol–water partition coefficient (Wildman–Crippen LogP) is 3.82. The molecule has 4 nitrogen and oxygen atoms in total. The molecule has 2 aromatic heterocycles. The van der Waals surface area contributed by atoms with E-state index in [0.717, 1.165) is 36.2 Å². The van der Waals surface area contributed by atoms with Crippen LogP contribution in [0.1, 0.15) is 29.9 Å². The molecule has 0 bridgehead atoms. The van der Waals surface area contributed by atoms with Gasteiger partial charge in [0.05, 0.1) is 16.6 Å². The van der Waals surface area contributed by atoms with E-state index in [1.165, 1.54) is 12.0 Å². The van der Waals surface area contributed by atoms with Crippen LogP contribution in [0.25, 0.3) is 11.0 Å². The molecule has 0 saturated carbocycles. The van der Waals surface area contributed by atoms with Crippen molar-refractivity contribution in [1.82, 2.24) is 9.97 Å². The van der Waals surface area contributed by atoms with Crippen molar-refractivity contribution >= 4 is 16.7 Å². The Hall–Kier alpha value is -2.80. The molecule has 0 aliphatic carbocycles. The molecule has 1 N–H and O–H groups in total. The fourth-order valence-electron chi connectivity index (χ4n) is 3.58. The van der Waals surface area contributed by atoms with Crippen LogP contribution in [0.2, 0.25) is 0 Å². The molecule has 1 aliphatic rings. The number of H-pyrrole nitrogens is 1. The zero-order valence-corrected chi connectivity index (χ0v) is 12.9. The van der Waals surface area contributed by atoms with Crippen LogP contribution in [0.4, 0.5) is 5.69 Å². The van der Waals surface area contributed by atoms with Gasteiger partial charge in [0, 0.05) is 31.4 Å². The monoisotopic (exact) mass is 302 g/mol. The van der Waals surface area contributed by atoms with Gasteiger partial charge < -0.3 is 9.88 Å². The third-order valence-corrected chi connectivity index (χ3v) is 4.71. The van der Waals surface area contributed by atoms with Crippen molar-refractivity contribution in [3.63, 3.8) is 0 Å². The first-order valence-electron chi connectivity index (χ1n) is 8.03. The second-order valence-corrected chi connectivity index (χ2v) is 6.06. The molecular formula is C19H18N4. The molecule has 4 rings (SSSR count). The number of aromatic amines is 1. The van der Waals surface area contributed by atoms with Gasteiger partial charge in [0.1, 0.15) is 11.7 Å². The quantitative estimate of drug-likeness (QED) is 0.783. The van der Waals surface area contributed by atoms with E-state index < -0.39 is 0 Å². The zero-order valence-electron chi connectivity index (χ0n) is 12.9. The summed E-state index contributed by atoms with van der Waals surface area (Å²) in [4.78, 5) is 9.85. The Morgan fingerprint density at radius 2 is 2.09 bits per heavy atom. The molecule has 0 radical (unpaired) electrons. The third kappa shape index (κ3) is 2.44. The van der Waals surface area contributed by atoms with E-state index in [9.17, 15) is 5.26 Å². The predicted molar refractivity (Wildman–Crippen MR) is 91.4 cm³/mol. The second-order valence-electron chi connectivity index (χ2n) is 6.06. The molecule has 0 amide bonds. The number of hydrogen-bond donors (Lipinski definition) is 1. The molecule has 1 atom stereocenters. The summed E-state index contributed by atoms with van der Waals surface area (Å²) < 4.78 is 0. The summed E-state index contributed by atoms with van der Waals surface area (Å²) in [6.45, 7) is 2.01. The first-order chi connectivity index (χ1) is 11.4. The van der Waals surface area contributed by atoms with E-state index in [2.05, 4.69) is 51.3 Å². The fourth-order valence-corrected chi connectivity index (χ4v) is 3.58. The Balaban J connectivity index is 1.71. The highest BCUT2D eigenvalue weighted by atomic mass is 15.1. The van der Waals surface area contributed by atoms with Crippen molar-refractivity contribution in [2.45, 2.75) is 18.8 Å². The van der Waals surface area contributed by atoms with Gasteiger partial charge in [-0.15, -0.1) is 0 Å². The summed E-state index contributed by atoms with van der Waals surface area (Å²) in [5.41, 5.74) is 3.98. The number of nitrogens with zero attached hydrogens (tertiary/aromatic N) is 3. The number of aromatic nitrogens is 2. The first-order valence-corrected chi connectivity index (χ1v) is 8.03. The van der Waals surface area contributed by atoms with Crippen LogP contribution in [-0.4, -0.2) is 23.1 Å². The van der Waals surface area contributed by atoms with E-state index in [4.69, 9.17) is 0 Å². The topological polar surface area (TPSA) is 55.7 Å². The van der Waals surface area contributed by atoms with Crippen LogP contribution >= 0.6 is 0 Å². The van der Waals surface area contributed by atoms with Gasteiger partial charge >= 0.3 is 0 Å². The minimum absolute atomic E-state index is 0.539. The Morgan fingerprint density at radius 1 is 1.22 bits per heavy atom. The number of nitrogens with one attached hydrogen (secondary N) is 1. The molecule has 23 heavy (non-hydrogen) atoms. The number of benzene rings is 1. The number of piperidine rings is 1. The van der Waals surface area contributed by atoms with Gasteiger partial charge in [-0.1, -0.05) is 30.3 Å². The highest BCUT2D eigenvalue weighted by Crippen LogP contribution is 2.34. The van der Waals surface area contributed by atoms with Gasteiger partial charge in [0.25, 0.3) is 0 Å². The van der Waals surface area contributed by atoms with E-state index in [1.54, 1.807) is 6.20 Å². The lowest BCUT2D eigenvalue weighted by Crippen LogP contribution is -2.34. The molecular weight excluding hydrogens is 284 g/mol. The lowest BCUT2D eigenvalue weighted by atomic mass is 9.90. The van der Waals surface area contributed by atoms with Crippen LogP contribution < -0.4 is 4.90 Å². The molecule has 1 unspecified atom stereocenters. The molecule has 1 aromatic carbocycles. The van der Waals surface area contributed by atoms with Crippen LogP contribution in [0.3, 0.4) is 0 Å². The van der Waals surface area contributed by atoms with Gasteiger partial charge in [-0.3, -0.25) is 0 Å². The zero-order chi connectivity index (χ0) is 15.6. The molecule has 1 saturated heterocycles. The summed E-state index contributed by atoms with van der Waals surface area (Å²) in [7, 11) is 0. The third-order valence-electron chi connectivity index (χ3n) is 4.71. The summed E-state index contributed by atoms with van der Waals surface area (Å²) in [6.07, 6.45) is 5.95. The highest BCUT2D eigenvalue weighted by Gasteiger charge is 2.23. The van der Waals surface area contributed by atoms with Gasteiger partial charge in [0.2, 0.25) is 0 Å². The Bertz CT molecular complexity index is 860. The fraction of sp³-hybridized carbons (Fsp3) is 0.263. The number of nitriles is 1. The van der Waals surface area contributed by atoms with Crippen molar-refractivity contribution in [3.05, 3.63) is 59.9 Å². The standard InChI is InChI=1S/C19H18N4/c20-11-16-12-22-19-18(16)17(8-9-21-19)23-10-4-7-15(13-23)14-5-2-1-3-6-14/h1-3,5-6,8-9,12,15H,4,7,10,13H2,(H,21,22). The van der Waals surface area contributed by atoms with Crippen LogP contribution in [0.15, 0.2) is 48.8 Å². The summed E-state index contributed by atoms with van der Waals surface area (Å²) >= 11 is 0. The summed E-state index contributed by atoms with van der Waals surface area (Å²) in [5.74, 6) is 0.539. The van der Waals surface area contributed by atoms with Crippen LogP contribution in [0, 0.1) is 11.3 Å². The van der Waals surface area contributed by atoms with E-state index >= 15 is 0 Å². The Kier molecular flexibility index (Phi) is 3.47. The maximum Gasteiger partial charge on any atom is 0.140 e. The van der Waals surface area contributed by atoms with Crippen molar-refractivity contribution in [2.75, 3.05) is 18.0 Å². The molecule has 1 aliphatic heterocycles. The molecule has 114 valence electrons. The van der Waals surface area contributed by atoms with Gasteiger partial charge in [0.15, 0.2) is 0 Å². The van der Waals surface area contributed by atoms with E-state index in [1.807, 2.05) is 12.3 Å². The molecule has 0 spiro atoms. The van der Waals surface area contributed by atoms with Crippen molar-refractivity contribution in [1.29, 1.82) is 5.26 Å². The van der Waals surface area contributed by atoms with Crippen molar-refractivity contribution in [2.24, 2.45) is 0 Å². The number of fused-ring (bicyclic) bond motifs is 1. The largest absolute Gasteiger partial charge is 0.370 e. The van der Waals surface area contributed by atoms with E-state index in [-0.39, 0.29) is 0 Å². The smallest absolute Gasteiger partial charge is 0.140 e. The van der Waals surface area contributed by atoms with Crippen molar-refractivity contribution < 1.29 is 0 Å². The molecule has 4 heteroatoms. The van der Waals surface area contributed by atoms with Crippen LogP contribution in [0.5, 0.6) is 0 Å². The highest BCUT2D eigenvalue weighted by molar-refractivity contribution is 5.94. The summed E-state index contributed by atoms with van der Waals surface area (Å²) in [5, 5.41) is 10.3. The minimum atomic E-state index is 0.539. The molecule has 3 heterocycles. The number of rotatable bonds is 2. The minimum Gasteiger partial charge on any atom is -0.370 e. The van der Waals surface area contributed by atoms with Gasteiger partial charge in [-0.05, 0) is 24.5 Å². The molecule has 1 fully saturated rings. The maximum absolute atomic E-state index is 9.36. The van der Waals surface area contributed by atoms with E-state index in [0.29, 0.717) is 11.5 Å². The first kappa shape index (κ1) is 13.8. The SMILES string of the molecule is N#Cc1c[nH]c2nccc(N3CCCC(c4ccccc4)C3)c12. The number of anilines is 1. The number of pyridine rings is 1. The average Bonchev–Trinajstić information content (AvgIpc) is 3.06. The van der Waals surface area contributed by atoms with Gasteiger partial charge in [-0.25, -0.2) is 4.98 Å². The lowest BCUT2D eigenvalue weighted by Gasteiger charge is -2.35. The average molecular weight is 302 g/mol. The number of hydrogen-bond acceptors (Lipinski definition) is 3. The molecule has 3 aromatic rings. The Labute approximate surface area is 135 Å². The summed E-state index contributed by atoms with van der Waals surface area (Å²) in [6, 6.07) is 15.0. The second kappa shape index (κ2) is 5.77. The van der Waals surface area contributed by atoms with Crippen LogP contribution in [-0.2, 0) is 0 Å². The lowest BCUT2D eigenvalue weighted by molar-refractivity contribution is 0.511. The maximum atomic E-state index is 9.36.